The highest BCUT2D eigenvalue weighted by Crippen LogP contribution is 2.27. The van der Waals surface area contributed by atoms with Gasteiger partial charge >= 0.3 is 0 Å². The predicted molar refractivity (Wildman–Crippen MR) is 88.0 cm³/mol. The molecule has 0 saturated heterocycles. The second kappa shape index (κ2) is 6.98. The molecule has 5 nitrogen and oxygen atoms in total. The monoisotopic (exact) mass is 316 g/mol. The first-order valence-corrected chi connectivity index (χ1v) is 8.28. The summed E-state index contributed by atoms with van der Waals surface area (Å²) < 4.78 is 1.98. The largest absolute Gasteiger partial charge is 0.329 e. The van der Waals surface area contributed by atoms with Crippen molar-refractivity contribution in [2.45, 2.75) is 22.9 Å². The SMILES string of the molecule is Cn1ccnc1Sc1ccc(NC(=O)CNCC2CC2)cc1. The molecule has 1 heterocycles. The van der Waals surface area contributed by atoms with E-state index in [1.54, 1.807) is 18.0 Å². The number of carbonyl (C=O) groups is 1. The van der Waals surface area contributed by atoms with Gasteiger partial charge in [-0.3, -0.25) is 4.79 Å². The van der Waals surface area contributed by atoms with Crippen LogP contribution in [0.2, 0.25) is 0 Å². The van der Waals surface area contributed by atoms with Gasteiger partial charge in [-0.1, -0.05) is 11.8 Å². The summed E-state index contributed by atoms with van der Waals surface area (Å²) in [4.78, 5) is 17.2. The molecular formula is C16H20N4OS. The Morgan fingerprint density at radius 3 is 2.77 bits per heavy atom. The molecule has 1 aromatic carbocycles. The summed E-state index contributed by atoms with van der Waals surface area (Å²) in [6.07, 6.45) is 6.30. The summed E-state index contributed by atoms with van der Waals surface area (Å²) in [5, 5.41) is 7.03. The van der Waals surface area contributed by atoms with E-state index in [1.165, 1.54) is 12.8 Å². The lowest BCUT2D eigenvalue weighted by Crippen LogP contribution is -2.29. The Bertz CT molecular complexity index is 634. The number of nitrogens with zero attached hydrogens (tertiary/aromatic N) is 2. The van der Waals surface area contributed by atoms with E-state index < -0.39 is 0 Å². The molecule has 1 aromatic heterocycles. The highest BCUT2D eigenvalue weighted by Gasteiger charge is 2.20. The van der Waals surface area contributed by atoms with Crippen LogP contribution in [0.5, 0.6) is 0 Å². The smallest absolute Gasteiger partial charge is 0.238 e. The van der Waals surface area contributed by atoms with Gasteiger partial charge in [0.15, 0.2) is 5.16 Å². The molecular weight excluding hydrogens is 296 g/mol. The number of hydrogen-bond acceptors (Lipinski definition) is 4. The summed E-state index contributed by atoms with van der Waals surface area (Å²) in [7, 11) is 1.97. The molecule has 0 aliphatic heterocycles. The number of rotatable bonds is 7. The van der Waals surface area contributed by atoms with E-state index in [0.717, 1.165) is 28.2 Å². The van der Waals surface area contributed by atoms with Crippen molar-refractivity contribution in [2.75, 3.05) is 18.4 Å². The Morgan fingerprint density at radius 1 is 1.36 bits per heavy atom. The Balaban J connectivity index is 1.48. The van der Waals surface area contributed by atoms with Crippen LogP contribution in [0.25, 0.3) is 0 Å². The number of hydrogen-bond donors (Lipinski definition) is 2. The maximum Gasteiger partial charge on any atom is 0.238 e. The normalized spacial score (nSPS) is 14.0. The van der Waals surface area contributed by atoms with Gasteiger partial charge in [0.2, 0.25) is 5.91 Å². The molecule has 0 bridgehead atoms. The minimum absolute atomic E-state index is 0.00477. The molecule has 0 unspecified atom stereocenters. The van der Waals surface area contributed by atoms with Gasteiger partial charge in [0.1, 0.15) is 0 Å². The third-order valence-electron chi connectivity index (χ3n) is 3.54. The molecule has 0 spiro atoms. The van der Waals surface area contributed by atoms with Crippen molar-refractivity contribution in [1.82, 2.24) is 14.9 Å². The third-order valence-corrected chi connectivity index (χ3v) is 4.62. The molecule has 22 heavy (non-hydrogen) atoms. The van der Waals surface area contributed by atoms with Gasteiger partial charge < -0.3 is 15.2 Å². The maximum atomic E-state index is 11.8. The van der Waals surface area contributed by atoms with Crippen molar-refractivity contribution in [3.05, 3.63) is 36.7 Å². The topological polar surface area (TPSA) is 59.0 Å². The van der Waals surface area contributed by atoms with Crippen molar-refractivity contribution in [3.63, 3.8) is 0 Å². The van der Waals surface area contributed by atoms with Gasteiger partial charge in [0, 0.05) is 30.0 Å². The van der Waals surface area contributed by atoms with E-state index in [2.05, 4.69) is 15.6 Å². The van der Waals surface area contributed by atoms with E-state index in [1.807, 2.05) is 42.1 Å². The van der Waals surface area contributed by atoms with Gasteiger partial charge in [-0.25, -0.2) is 4.98 Å². The zero-order valence-corrected chi connectivity index (χ0v) is 13.4. The lowest BCUT2D eigenvalue weighted by molar-refractivity contribution is -0.115. The summed E-state index contributed by atoms with van der Waals surface area (Å²) in [5.74, 6) is 0.792. The van der Waals surface area contributed by atoms with E-state index in [-0.39, 0.29) is 5.91 Å². The Kier molecular flexibility index (Phi) is 4.80. The van der Waals surface area contributed by atoms with Gasteiger partial charge in [-0.15, -0.1) is 0 Å². The third kappa shape index (κ3) is 4.35. The van der Waals surface area contributed by atoms with Crippen LogP contribution in [0.3, 0.4) is 0 Å². The van der Waals surface area contributed by atoms with E-state index in [0.29, 0.717) is 6.54 Å². The fourth-order valence-corrected chi connectivity index (χ4v) is 2.88. The fourth-order valence-electron chi connectivity index (χ4n) is 2.08. The highest BCUT2D eigenvalue weighted by molar-refractivity contribution is 7.99. The maximum absolute atomic E-state index is 11.8. The number of carbonyl (C=O) groups excluding carboxylic acids is 1. The van der Waals surface area contributed by atoms with E-state index in [9.17, 15) is 4.79 Å². The van der Waals surface area contributed by atoms with Crippen LogP contribution in [0.1, 0.15) is 12.8 Å². The van der Waals surface area contributed by atoms with Crippen LogP contribution in [0.4, 0.5) is 5.69 Å². The molecule has 1 aliphatic carbocycles. The van der Waals surface area contributed by atoms with Crippen LogP contribution < -0.4 is 10.6 Å². The molecule has 0 radical (unpaired) electrons. The van der Waals surface area contributed by atoms with Crippen molar-refractivity contribution in [2.24, 2.45) is 13.0 Å². The molecule has 6 heteroatoms. The van der Waals surface area contributed by atoms with Gasteiger partial charge in [-0.05, 0) is 49.6 Å². The van der Waals surface area contributed by atoms with Crippen molar-refractivity contribution in [1.29, 1.82) is 0 Å². The van der Waals surface area contributed by atoms with Gasteiger partial charge in [0.25, 0.3) is 0 Å². The van der Waals surface area contributed by atoms with E-state index >= 15 is 0 Å². The first kappa shape index (κ1) is 15.1. The standard InChI is InChI=1S/C16H20N4OS/c1-20-9-8-18-16(20)22-14-6-4-13(5-7-14)19-15(21)11-17-10-12-2-3-12/h4-9,12,17H,2-3,10-11H2,1H3,(H,19,21). The average molecular weight is 316 g/mol. The Hall–Kier alpha value is -1.79. The molecule has 3 rings (SSSR count). The van der Waals surface area contributed by atoms with E-state index in [4.69, 9.17) is 0 Å². The molecule has 2 aromatic rings. The first-order chi connectivity index (χ1) is 10.7. The molecule has 116 valence electrons. The fraction of sp³-hybridized carbons (Fsp3) is 0.375. The van der Waals surface area contributed by atoms with Crippen LogP contribution in [0.15, 0.2) is 46.7 Å². The predicted octanol–water partition coefficient (Wildman–Crippen LogP) is 2.51. The number of benzene rings is 1. The average Bonchev–Trinajstić information content (AvgIpc) is 3.24. The number of aromatic nitrogens is 2. The quantitative estimate of drug-likeness (QED) is 0.824. The molecule has 2 N–H and O–H groups in total. The van der Waals surface area contributed by atoms with Crippen LogP contribution in [0, 0.1) is 5.92 Å². The van der Waals surface area contributed by atoms with Gasteiger partial charge in [-0.2, -0.15) is 0 Å². The number of anilines is 1. The minimum atomic E-state index is 0.00477. The Labute approximate surface area is 134 Å². The lowest BCUT2D eigenvalue weighted by atomic mass is 10.3. The van der Waals surface area contributed by atoms with Crippen LogP contribution >= 0.6 is 11.8 Å². The molecule has 1 amide bonds. The zero-order valence-electron chi connectivity index (χ0n) is 12.6. The number of aryl methyl sites for hydroxylation is 1. The lowest BCUT2D eigenvalue weighted by Gasteiger charge is -2.07. The summed E-state index contributed by atoms with van der Waals surface area (Å²) in [6, 6.07) is 7.83. The molecule has 1 saturated carbocycles. The van der Waals surface area contributed by atoms with Gasteiger partial charge in [0.05, 0.1) is 6.54 Å². The van der Waals surface area contributed by atoms with Crippen molar-refractivity contribution in [3.8, 4) is 0 Å². The van der Waals surface area contributed by atoms with Crippen LogP contribution in [-0.4, -0.2) is 28.5 Å². The molecule has 1 fully saturated rings. The first-order valence-electron chi connectivity index (χ1n) is 7.46. The highest BCUT2D eigenvalue weighted by atomic mass is 32.2. The zero-order chi connectivity index (χ0) is 15.4. The summed E-state index contributed by atoms with van der Waals surface area (Å²) in [6.45, 7) is 1.33. The number of imidazole rings is 1. The second-order valence-corrected chi connectivity index (χ2v) is 6.61. The second-order valence-electron chi connectivity index (χ2n) is 5.57. The molecule has 0 atom stereocenters. The number of amides is 1. The number of nitrogens with one attached hydrogen (secondary N) is 2. The summed E-state index contributed by atoms with van der Waals surface area (Å²) >= 11 is 1.60. The minimum Gasteiger partial charge on any atom is -0.329 e. The molecule has 1 aliphatic rings. The van der Waals surface area contributed by atoms with Crippen LogP contribution in [-0.2, 0) is 11.8 Å². The van der Waals surface area contributed by atoms with Crippen molar-refractivity contribution < 1.29 is 4.79 Å². The Morgan fingerprint density at radius 2 is 2.14 bits per heavy atom. The van der Waals surface area contributed by atoms with Crippen molar-refractivity contribution >= 4 is 23.4 Å². The summed E-state index contributed by atoms with van der Waals surface area (Å²) in [5.41, 5.74) is 0.822.